The van der Waals surface area contributed by atoms with Crippen LogP contribution in [0.5, 0.6) is 11.6 Å². The minimum atomic E-state index is -0.0933. The van der Waals surface area contributed by atoms with Crippen LogP contribution in [0.3, 0.4) is 0 Å². The molecule has 3 rings (SSSR count). The number of anilines is 1. The van der Waals surface area contributed by atoms with Crippen LogP contribution in [-0.2, 0) is 0 Å². The van der Waals surface area contributed by atoms with Crippen molar-refractivity contribution in [1.82, 2.24) is 9.97 Å². The molecule has 0 aliphatic heterocycles. The molecule has 0 aliphatic carbocycles. The van der Waals surface area contributed by atoms with Gasteiger partial charge in [0.2, 0.25) is 11.8 Å². The number of aromatic nitrogens is 2. The van der Waals surface area contributed by atoms with Crippen molar-refractivity contribution in [3.8, 4) is 11.6 Å². The number of nitrogens with zero attached hydrogens (tertiary/aromatic N) is 2. The van der Waals surface area contributed by atoms with Crippen molar-refractivity contribution in [3.05, 3.63) is 42.3 Å². The summed E-state index contributed by atoms with van der Waals surface area (Å²) in [6.07, 6.45) is 1.64. The second-order valence-corrected chi connectivity index (χ2v) is 4.82. The first kappa shape index (κ1) is 14.2. The molecule has 1 aromatic carbocycles. The molecular formula is C16H17N3O3. The van der Waals surface area contributed by atoms with Gasteiger partial charge >= 0.3 is 0 Å². The quantitative estimate of drug-likeness (QED) is 0.778. The van der Waals surface area contributed by atoms with Crippen molar-refractivity contribution < 1.29 is 13.9 Å². The number of ether oxygens (including phenoxy) is 2. The third kappa shape index (κ3) is 2.67. The zero-order valence-electron chi connectivity index (χ0n) is 12.7. The number of hydrogen-bond acceptors (Lipinski definition) is 6. The molecule has 0 fully saturated rings. The van der Waals surface area contributed by atoms with E-state index in [-0.39, 0.29) is 6.04 Å². The summed E-state index contributed by atoms with van der Waals surface area (Å²) in [5, 5.41) is 4.19. The van der Waals surface area contributed by atoms with Crippen LogP contribution in [0.15, 0.2) is 40.9 Å². The molecular weight excluding hydrogens is 282 g/mol. The Labute approximate surface area is 128 Å². The van der Waals surface area contributed by atoms with E-state index in [1.54, 1.807) is 26.5 Å². The van der Waals surface area contributed by atoms with Crippen molar-refractivity contribution in [2.24, 2.45) is 0 Å². The third-order valence-corrected chi connectivity index (χ3v) is 3.36. The highest BCUT2D eigenvalue weighted by atomic mass is 16.5. The number of hydrogen-bond donors (Lipinski definition) is 1. The van der Waals surface area contributed by atoms with Crippen LogP contribution < -0.4 is 14.8 Å². The first-order valence-corrected chi connectivity index (χ1v) is 6.91. The fourth-order valence-corrected chi connectivity index (χ4v) is 2.22. The van der Waals surface area contributed by atoms with Crippen molar-refractivity contribution in [3.63, 3.8) is 0 Å². The van der Waals surface area contributed by atoms with E-state index in [0.717, 1.165) is 16.7 Å². The smallest absolute Gasteiger partial charge is 0.226 e. The lowest BCUT2D eigenvalue weighted by Crippen LogP contribution is -2.08. The zero-order valence-corrected chi connectivity index (χ0v) is 12.7. The number of furan rings is 1. The van der Waals surface area contributed by atoms with E-state index < -0.39 is 0 Å². The van der Waals surface area contributed by atoms with Gasteiger partial charge in [0.05, 0.1) is 20.3 Å². The molecule has 0 amide bonds. The molecule has 22 heavy (non-hydrogen) atoms. The van der Waals surface area contributed by atoms with Gasteiger partial charge in [-0.1, -0.05) is 12.1 Å². The first-order valence-electron chi connectivity index (χ1n) is 6.91. The van der Waals surface area contributed by atoms with Gasteiger partial charge in [0.15, 0.2) is 11.3 Å². The Kier molecular flexibility index (Phi) is 3.82. The van der Waals surface area contributed by atoms with Crippen LogP contribution in [-0.4, -0.2) is 24.2 Å². The number of rotatable bonds is 5. The van der Waals surface area contributed by atoms with Gasteiger partial charge < -0.3 is 19.2 Å². The van der Waals surface area contributed by atoms with E-state index in [9.17, 15) is 0 Å². The van der Waals surface area contributed by atoms with Gasteiger partial charge in [-0.05, 0) is 19.1 Å². The highest BCUT2D eigenvalue weighted by Gasteiger charge is 2.15. The number of para-hydroxylation sites is 1. The predicted molar refractivity (Wildman–Crippen MR) is 83.4 cm³/mol. The first-order chi connectivity index (χ1) is 10.7. The fourth-order valence-electron chi connectivity index (χ4n) is 2.22. The summed E-state index contributed by atoms with van der Waals surface area (Å²) in [5.74, 6) is 2.50. The molecule has 0 radical (unpaired) electrons. The molecule has 0 unspecified atom stereocenters. The van der Waals surface area contributed by atoms with Gasteiger partial charge in [-0.2, -0.15) is 4.98 Å². The van der Waals surface area contributed by atoms with Gasteiger partial charge in [0, 0.05) is 17.6 Å². The number of methoxy groups -OCH3 is 2. The molecule has 0 saturated heterocycles. The molecule has 6 nitrogen and oxygen atoms in total. The summed E-state index contributed by atoms with van der Waals surface area (Å²) in [6, 6.07) is 9.38. The molecule has 2 heterocycles. The van der Waals surface area contributed by atoms with Crippen LogP contribution >= 0.6 is 0 Å². The zero-order chi connectivity index (χ0) is 15.5. The van der Waals surface area contributed by atoms with Crippen molar-refractivity contribution in [2.45, 2.75) is 13.0 Å². The Bertz CT molecular complexity index is 785. The van der Waals surface area contributed by atoms with Crippen LogP contribution in [0.2, 0.25) is 0 Å². The maximum Gasteiger partial charge on any atom is 0.226 e. The molecule has 1 atom stereocenters. The molecule has 2 aromatic heterocycles. The third-order valence-electron chi connectivity index (χ3n) is 3.36. The summed E-state index contributed by atoms with van der Waals surface area (Å²) in [4.78, 5) is 8.41. The van der Waals surface area contributed by atoms with Crippen LogP contribution in [0.25, 0.3) is 11.0 Å². The summed E-state index contributed by atoms with van der Waals surface area (Å²) in [7, 11) is 3.20. The second kappa shape index (κ2) is 5.93. The normalized spacial score (nSPS) is 12.1. The Morgan fingerprint density at radius 1 is 1.18 bits per heavy atom. The SMILES string of the molecule is COc1ccnc(N[C@@H](C)c2cc3cccc(OC)c3o2)n1. The van der Waals surface area contributed by atoms with Crippen LogP contribution in [0.1, 0.15) is 18.7 Å². The molecule has 0 spiro atoms. The monoisotopic (exact) mass is 299 g/mol. The topological polar surface area (TPSA) is 69.4 Å². The largest absolute Gasteiger partial charge is 0.493 e. The van der Waals surface area contributed by atoms with Gasteiger partial charge in [0.25, 0.3) is 0 Å². The average Bonchev–Trinajstić information content (AvgIpc) is 2.99. The van der Waals surface area contributed by atoms with E-state index in [4.69, 9.17) is 13.9 Å². The summed E-state index contributed by atoms with van der Waals surface area (Å²) < 4.78 is 16.3. The van der Waals surface area contributed by atoms with E-state index in [1.165, 1.54) is 0 Å². The summed E-state index contributed by atoms with van der Waals surface area (Å²) in [5.41, 5.74) is 0.736. The Morgan fingerprint density at radius 3 is 2.82 bits per heavy atom. The summed E-state index contributed by atoms with van der Waals surface area (Å²) in [6.45, 7) is 1.98. The highest BCUT2D eigenvalue weighted by molar-refractivity contribution is 5.83. The lowest BCUT2D eigenvalue weighted by molar-refractivity contribution is 0.397. The lowest BCUT2D eigenvalue weighted by Gasteiger charge is -2.11. The fraction of sp³-hybridized carbons (Fsp3) is 0.250. The van der Waals surface area contributed by atoms with E-state index in [0.29, 0.717) is 17.6 Å². The van der Waals surface area contributed by atoms with Gasteiger partial charge in [-0.3, -0.25) is 0 Å². The van der Waals surface area contributed by atoms with Gasteiger partial charge in [0.1, 0.15) is 5.76 Å². The molecule has 3 aromatic rings. The average molecular weight is 299 g/mol. The van der Waals surface area contributed by atoms with E-state index in [1.807, 2.05) is 31.2 Å². The molecule has 114 valence electrons. The highest BCUT2D eigenvalue weighted by Crippen LogP contribution is 2.31. The lowest BCUT2D eigenvalue weighted by atomic mass is 10.2. The Morgan fingerprint density at radius 2 is 2.05 bits per heavy atom. The van der Waals surface area contributed by atoms with Crippen LogP contribution in [0, 0.1) is 0 Å². The van der Waals surface area contributed by atoms with Crippen LogP contribution in [0.4, 0.5) is 5.95 Å². The van der Waals surface area contributed by atoms with Gasteiger partial charge in [-0.15, -0.1) is 0 Å². The molecule has 6 heteroatoms. The van der Waals surface area contributed by atoms with Crippen molar-refractivity contribution in [2.75, 3.05) is 19.5 Å². The van der Waals surface area contributed by atoms with Crippen molar-refractivity contribution in [1.29, 1.82) is 0 Å². The van der Waals surface area contributed by atoms with E-state index >= 15 is 0 Å². The molecule has 0 saturated carbocycles. The van der Waals surface area contributed by atoms with Crippen molar-refractivity contribution >= 4 is 16.9 Å². The maximum absolute atomic E-state index is 5.91. The minimum absolute atomic E-state index is 0.0933. The molecule has 0 aliphatic rings. The number of fused-ring (bicyclic) bond motifs is 1. The van der Waals surface area contributed by atoms with Gasteiger partial charge in [-0.25, -0.2) is 4.98 Å². The maximum atomic E-state index is 5.91. The summed E-state index contributed by atoms with van der Waals surface area (Å²) >= 11 is 0. The molecule has 0 bridgehead atoms. The van der Waals surface area contributed by atoms with E-state index in [2.05, 4.69) is 15.3 Å². The Hall–Kier alpha value is -2.76. The minimum Gasteiger partial charge on any atom is -0.493 e. The predicted octanol–water partition coefficient (Wildman–Crippen LogP) is 3.41. The standard InChI is InChI=1S/C16H17N3O3/c1-10(18-16-17-8-7-14(19-16)21-3)13-9-11-5-4-6-12(20-2)15(11)22-13/h4-10H,1-3H3,(H,17,18,19)/t10-/m0/s1. The Balaban J connectivity index is 1.87. The molecule has 1 N–H and O–H groups in total. The number of nitrogens with one attached hydrogen (secondary N) is 1. The number of benzene rings is 1. The second-order valence-electron chi connectivity index (χ2n) is 4.82.